The van der Waals surface area contributed by atoms with Gasteiger partial charge >= 0.3 is 5.97 Å². The molecule has 6 amide bonds. The standard InChI is InChI=1S/C45H76N8O15/c1-11-25(7)20-27-15-16-45(64,68-31(27)12-2)44(10,63)42(61)48-32-34(24(5)6)67-41(60)33(23(3)4)53(66)40(59)35-43(9,62)17-19-49(35)37(56)30-21-28(54)22-47-51(30)36(55)26(8)52(65)38(57)29-14-13-18-46-50(29)39(32)58/h23-35,46-47,54,62-66H,11-22H2,1-10H3,(H,48,61)/t25-,26-,27+,28+,29+,30+,31+,32-,33-,34?,35+,43+,44+,45+/m0/s1. The maximum atomic E-state index is 15.1. The fourth-order valence-electron chi connectivity index (χ4n) is 10.1. The second-order valence-electron chi connectivity index (χ2n) is 20.6. The van der Waals surface area contributed by atoms with Crippen molar-refractivity contribution < 1.29 is 73.9 Å². The second-order valence-corrected chi connectivity index (χ2v) is 20.6. The van der Waals surface area contributed by atoms with Gasteiger partial charge in [-0.3, -0.25) is 49.2 Å². The largest absolute Gasteiger partial charge is 0.458 e. The van der Waals surface area contributed by atoms with Gasteiger partial charge in [-0.15, -0.1) is 0 Å². The molecule has 1 unspecified atom stereocenters. The highest BCUT2D eigenvalue weighted by atomic mass is 16.6. The van der Waals surface area contributed by atoms with Crippen LogP contribution in [-0.4, -0.2) is 188 Å². The maximum absolute atomic E-state index is 15.1. The van der Waals surface area contributed by atoms with Gasteiger partial charge in [0.1, 0.15) is 36.3 Å². The molecule has 23 heteroatoms. The van der Waals surface area contributed by atoms with Gasteiger partial charge in [-0.2, -0.15) is 0 Å². The van der Waals surface area contributed by atoms with E-state index < -0.39 is 125 Å². The molecular formula is C45H76N8O15. The van der Waals surface area contributed by atoms with Crippen molar-refractivity contribution in [3.8, 4) is 0 Å². The monoisotopic (exact) mass is 969 g/mol. The first-order valence-corrected chi connectivity index (χ1v) is 24.2. The van der Waals surface area contributed by atoms with Gasteiger partial charge < -0.3 is 40.1 Å². The first-order chi connectivity index (χ1) is 31.6. The fourth-order valence-corrected chi connectivity index (χ4v) is 10.1. The number of nitrogens with zero attached hydrogens (tertiary/aromatic N) is 5. The highest BCUT2D eigenvalue weighted by molar-refractivity contribution is 5.98. The Balaban J connectivity index is 1.62. The highest BCUT2D eigenvalue weighted by Gasteiger charge is 2.59. The van der Waals surface area contributed by atoms with Crippen molar-refractivity contribution >= 4 is 41.4 Å². The van der Waals surface area contributed by atoms with Gasteiger partial charge in [-0.25, -0.2) is 25.8 Å². The fraction of sp³-hybridized carbons (Fsp3) is 0.844. The normalized spacial score (nSPS) is 36.6. The van der Waals surface area contributed by atoms with Crippen molar-refractivity contribution in [2.75, 3.05) is 19.6 Å². The van der Waals surface area contributed by atoms with Gasteiger partial charge in [0, 0.05) is 32.5 Å². The van der Waals surface area contributed by atoms with E-state index in [0.717, 1.165) is 41.6 Å². The molecule has 386 valence electrons. The summed E-state index contributed by atoms with van der Waals surface area (Å²) in [7, 11) is 0. The molecule has 14 atom stereocenters. The third-order valence-electron chi connectivity index (χ3n) is 14.7. The van der Waals surface area contributed by atoms with Crippen LogP contribution in [-0.2, 0) is 43.0 Å². The van der Waals surface area contributed by atoms with Crippen LogP contribution in [0.1, 0.15) is 127 Å². The molecule has 0 aliphatic carbocycles. The Labute approximate surface area is 397 Å². The van der Waals surface area contributed by atoms with Gasteiger partial charge in [-0.05, 0) is 83.0 Å². The number of esters is 1. The van der Waals surface area contributed by atoms with E-state index in [1.54, 1.807) is 0 Å². The number of amides is 6. The molecule has 0 bridgehead atoms. The molecule has 23 nitrogen and oxygen atoms in total. The number of aliphatic hydroxyl groups excluding tert-OH is 1. The zero-order chi connectivity index (χ0) is 51.0. The molecule has 5 fully saturated rings. The topological polar surface area (TPSA) is 312 Å². The number of hydrazine groups is 2. The van der Waals surface area contributed by atoms with Gasteiger partial charge in [0.05, 0.1) is 17.8 Å². The molecule has 5 rings (SSSR count). The number of hydroxylamine groups is 4. The SMILES string of the molecule is CC[C@H](C)C[C@H]1CC[C@](O)([C@](C)(O)C(=O)N[C@@H]2C(=O)N3NCCC[C@@H]3C(=O)N(O)[C@@H](C)C(=O)N3NC[C@H](O)C[C@@H]3C(=O)N3CC[C@@](C)(O)[C@H]3C(=O)N(O)[C@@H](C(C)C)C(=O)OC2C(C)C)O[C@@H]1CC. The third-order valence-corrected chi connectivity index (χ3v) is 14.7. The number of cyclic esters (lactones) is 1. The molecule has 68 heavy (non-hydrogen) atoms. The minimum atomic E-state index is -2.76. The Hall–Kier alpha value is -4.07. The molecule has 5 aliphatic heterocycles. The summed E-state index contributed by atoms with van der Waals surface area (Å²) in [5.74, 6) is -12.1. The zero-order valence-corrected chi connectivity index (χ0v) is 41.1. The number of hydrogen-bond acceptors (Lipinski definition) is 17. The molecule has 5 aliphatic rings. The number of hydrogen-bond donors (Lipinski definition) is 9. The van der Waals surface area contributed by atoms with E-state index >= 15 is 4.79 Å². The number of ether oxygens (including phenoxy) is 2. The summed E-state index contributed by atoms with van der Waals surface area (Å²) in [4.78, 5) is 103. The summed E-state index contributed by atoms with van der Waals surface area (Å²) < 4.78 is 12.2. The summed E-state index contributed by atoms with van der Waals surface area (Å²) in [6.45, 7) is 15.0. The summed E-state index contributed by atoms with van der Waals surface area (Å²) in [5.41, 5.74) is 0.710. The van der Waals surface area contributed by atoms with Crippen LogP contribution in [0, 0.1) is 23.7 Å². The Kier molecular flexibility index (Phi) is 17.4. The predicted octanol–water partition coefficient (Wildman–Crippen LogP) is -0.704. The molecule has 0 radical (unpaired) electrons. The van der Waals surface area contributed by atoms with E-state index in [4.69, 9.17) is 9.47 Å². The number of fused-ring (bicyclic) bond motifs is 3. The Morgan fingerprint density at radius 2 is 1.53 bits per heavy atom. The van der Waals surface area contributed by atoms with Crippen LogP contribution in [0.4, 0.5) is 0 Å². The van der Waals surface area contributed by atoms with Crippen LogP contribution in [0.3, 0.4) is 0 Å². The molecule has 0 aromatic rings. The van der Waals surface area contributed by atoms with E-state index in [1.165, 1.54) is 34.6 Å². The van der Waals surface area contributed by atoms with Gasteiger partial charge in [0.15, 0.2) is 11.6 Å². The van der Waals surface area contributed by atoms with Crippen LogP contribution in [0.5, 0.6) is 0 Å². The molecule has 0 aromatic heterocycles. The number of nitrogens with one attached hydrogen (secondary N) is 3. The summed E-state index contributed by atoms with van der Waals surface area (Å²) >= 11 is 0. The van der Waals surface area contributed by atoms with Crippen molar-refractivity contribution in [2.24, 2.45) is 23.7 Å². The van der Waals surface area contributed by atoms with Crippen molar-refractivity contribution in [2.45, 2.75) is 199 Å². The molecule has 5 heterocycles. The second kappa shape index (κ2) is 21.5. The lowest BCUT2D eigenvalue weighted by molar-refractivity contribution is -0.329. The first kappa shape index (κ1) is 54.9. The average Bonchev–Trinajstić information content (AvgIpc) is 3.62. The van der Waals surface area contributed by atoms with Crippen LogP contribution >= 0.6 is 0 Å². The van der Waals surface area contributed by atoms with Crippen molar-refractivity contribution in [3.05, 3.63) is 0 Å². The predicted molar refractivity (Wildman–Crippen MR) is 237 cm³/mol. The van der Waals surface area contributed by atoms with Gasteiger partial charge in [-0.1, -0.05) is 54.9 Å². The number of rotatable bonds is 9. The summed E-state index contributed by atoms with van der Waals surface area (Å²) in [5, 5.41) is 73.8. The van der Waals surface area contributed by atoms with Crippen molar-refractivity contribution in [3.63, 3.8) is 0 Å². The van der Waals surface area contributed by atoms with Crippen LogP contribution in [0.2, 0.25) is 0 Å². The lowest BCUT2D eigenvalue weighted by Gasteiger charge is -2.48. The Morgan fingerprint density at radius 1 is 0.882 bits per heavy atom. The lowest BCUT2D eigenvalue weighted by Crippen LogP contribution is -2.70. The van der Waals surface area contributed by atoms with Gasteiger partial charge in [0.25, 0.3) is 29.5 Å². The number of carbonyl (C=O) groups is 7. The van der Waals surface area contributed by atoms with E-state index in [2.05, 4.69) is 30.0 Å². The van der Waals surface area contributed by atoms with E-state index in [1.807, 2.05) is 6.92 Å². The third kappa shape index (κ3) is 10.8. The van der Waals surface area contributed by atoms with E-state index in [-0.39, 0.29) is 67.8 Å². The van der Waals surface area contributed by atoms with Crippen LogP contribution in [0.15, 0.2) is 0 Å². The summed E-state index contributed by atoms with van der Waals surface area (Å²) in [6, 6.07) is -10.6. The molecule has 0 spiro atoms. The molecule has 9 N–H and O–H groups in total. The maximum Gasteiger partial charge on any atom is 0.332 e. The molecular weight excluding hydrogens is 893 g/mol. The number of carbonyl (C=O) groups excluding carboxylic acids is 7. The Bertz CT molecular complexity index is 1890. The smallest absolute Gasteiger partial charge is 0.332 e. The van der Waals surface area contributed by atoms with Crippen molar-refractivity contribution in [1.29, 1.82) is 0 Å². The minimum absolute atomic E-state index is 0.0101. The molecule has 0 saturated carbocycles. The lowest BCUT2D eigenvalue weighted by atomic mass is 9.78. The average molecular weight is 969 g/mol. The number of β-amino-alcohol motifs (C(OH)–C–C–N with tert-alkyl or cyclic N) is 1. The number of aliphatic hydroxyl groups is 4. The van der Waals surface area contributed by atoms with Crippen LogP contribution in [0.25, 0.3) is 0 Å². The van der Waals surface area contributed by atoms with Gasteiger partial charge in [0.2, 0.25) is 11.7 Å². The van der Waals surface area contributed by atoms with Crippen molar-refractivity contribution in [1.82, 2.24) is 41.2 Å². The first-order valence-electron chi connectivity index (χ1n) is 24.2. The van der Waals surface area contributed by atoms with E-state index in [9.17, 15) is 59.6 Å². The highest BCUT2D eigenvalue weighted by Crippen LogP contribution is 2.42. The summed E-state index contributed by atoms with van der Waals surface area (Å²) in [6.07, 6.45) is -1.48. The molecule has 0 aromatic carbocycles. The quantitative estimate of drug-likeness (QED) is 0.102. The minimum Gasteiger partial charge on any atom is -0.458 e. The van der Waals surface area contributed by atoms with Crippen LogP contribution < -0.4 is 16.2 Å². The Morgan fingerprint density at radius 3 is 2.13 bits per heavy atom. The van der Waals surface area contributed by atoms with E-state index in [0.29, 0.717) is 18.8 Å². The molecule has 5 saturated heterocycles. The zero-order valence-electron chi connectivity index (χ0n) is 41.1.